The lowest BCUT2D eigenvalue weighted by atomic mass is 10.0. The van der Waals surface area contributed by atoms with Gasteiger partial charge in [-0.05, 0) is 61.2 Å². The number of nitrogen functional groups attached to an aromatic ring is 1. The molecule has 0 heterocycles. The molecule has 0 atom stereocenters. The van der Waals surface area contributed by atoms with Crippen LogP contribution in [0.4, 0.5) is 11.4 Å². The predicted octanol–water partition coefficient (Wildman–Crippen LogP) is 3.56. The quantitative estimate of drug-likeness (QED) is 0.845. The zero-order chi connectivity index (χ0) is 13.8. The van der Waals surface area contributed by atoms with E-state index in [1.165, 1.54) is 22.4 Å². The summed E-state index contributed by atoms with van der Waals surface area (Å²) < 4.78 is 0. The second kappa shape index (κ2) is 5.79. The summed E-state index contributed by atoms with van der Waals surface area (Å²) in [6, 6.07) is 14.7. The normalized spacial score (nSPS) is 10.5. The van der Waals surface area contributed by atoms with E-state index in [4.69, 9.17) is 5.73 Å². The molecule has 2 aromatic rings. The summed E-state index contributed by atoms with van der Waals surface area (Å²) in [4.78, 5) is 2.26. The number of anilines is 2. The minimum absolute atomic E-state index is 0.811. The molecule has 100 valence electrons. The number of hydrogen-bond donors (Lipinski definition) is 1. The number of likely N-dealkylation sites (N-methyl/N-ethyl adjacent to an activating group) is 1. The molecule has 0 bridgehead atoms. The lowest BCUT2D eigenvalue weighted by Crippen LogP contribution is -2.20. The van der Waals surface area contributed by atoms with Crippen LogP contribution >= 0.6 is 0 Å². The molecule has 0 aromatic heterocycles. The fraction of sp³-hybridized carbons (Fsp3) is 0.294. The fourth-order valence-corrected chi connectivity index (χ4v) is 2.11. The van der Waals surface area contributed by atoms with E-state index in [0.717, 1.165) is 18.7 Å². The van der Waals surface area contributed by atoms with Crippen LogP contribution in [-0.4, -0.2) is 13.6 Å². The molecular weight excluding hydrogens is 232 g/mol. The zero-order valence-corrected chi connectivity index (χ0v) is 12.0. The van der Waals surface area contributed by atoms with Gasteiger partial charge in [0.1, 0.15) is 0 Å². The minimum atomic E-state index is 0.811. The number of nitrogens with two attached hydrogens (primary N) is 1. The van der Waals surface area contributed by atoms with E-state index in [1.54, 1.807) is 0 Å². The SMILES string of the molecule is Cc1ccc(CCN(C)c2ccc(N)cc2)cc1C. The van der Waals surface area contributed by atoms with Crippen LogP contribution in [0, 0.1) is 13.8 Å². The highest BCUT2D eigenvalue weighted by Gasteiger charge is 2.02. The van der Waals surface area contributed by atoms with Crippen molar-refractivity contribution in [2.75, 3.05) is 24.2 Å². The Morgan fingerprint density at radius 3 is 2.26 bits per heavy atom. The van der Waals surface area contributed by atoms with E-state index in [0.29, 0.717) is 0 Å². The largest absolute Gasteiger partial charge is 0.399 e. The van der Waals surface area contributed by atoms with Crippen molar-refractivity contribution >= 4 is 11.4 Å². The van der Waals surface area contributed by atoms with E-state index >= 15 is 0 Å². The van der Waals surface area contributed by atoms with Crippen molar-refractivity contribution in [3.8, 4) is 0 Å². The summed E-state index contributed by atoms with van der Waals surface area (Å²) in [5.74, 6) is 0. The predicted molar refractivity (Wildman–Crippen MR) is 83.7 cm³/mol. The third kappa shape index (κ3) is 3.50. The minimum Gasteiger partial charge on any atom is -0.399 e. The van der Waals surface area contributed by atoms with E-state index in [-0.39, 0.29) is 0 Å². The van der Waals surface area contributed by atoms with Gasteiger partial charge in [-0.25, -0.2) is 0 Å². The lowest BCUT2D eigenvalue weighted by Gasteiger charge is -2.19. The van der Waals surface area contributed by atoms with Gasteiger partial charge in [0.05, 0.1) is 0 Å². The molecule has 0 aliphatic carbocycles. The third-order valence-electron chi connectivity index (χ3n) is 3.64. The molecule has 0 saturated heterocycles. The molecule has 0 saturated carbocycles. The Morgan fingerprint density at radius 2 is 1.63 bits per heavy atom. The van der Waals surface area contributed by atoms with E-state index in [2.05, 4.69) is 56.1 Å². The summed E-state index contributed by atoms with van der Waals surface area (Å²) in [7, 11) is 2.12. The molecule has 0 fully saturated rings. The summed E-state index contributed by atoms with van der Waals surface area (Å²) in [5.41, 5.74) is 11.8. The average molecular weight is 254 g/mol. The Labute approximate surface area is 115 Å². The molecule has 0 spiro atoms. The van der Waals surface area contributed by atoms with Gasteiger partial charge in [0.15, 0.2) is 0 Å². The maximum absolute atomic E-state index is 5.70. The number of rotatable bonds is 4. The average Bonchev–Trinajstić information content (AvgIpc) is 2.40. The van der Waals surface area contributed by atoms with Gasteiger partial charge >= 0.3 is 0 Å². The van der Waals surface area contributed by atoms with Crippen molar-refractivity contribution < 1.29 is 0 Å². The van der Waals surface area contributed by atoms with Gasteiger partial charge in [0.2, 0.25) is 0 Å². The van der Waals surface area contributed by atoms with Crippen LogP contribution in [0.25, 0.3) is 0 Å². The molecule has 2 aromatic carbocycles. The van der Waals surface area contributed by atoms with Crippen molar-refractivity contribution in [1.29, 1.82) is 0 Å². The first-order chi connectivity index (χ1) is 9.06. The number of aryl methyl sites for hydroxylation is 2. The van der Waals surface area contributed by atoms with Gasteiger partial charge in [-0.2, -0.15) is 0 Å². The zero-order valence-electron chi connectivity index (χ0n) is 12.0. The molecule has 0 unspecified atom stereocenters. The second-order valence-corrected chi connectivity index (χ2v) is 5.18. The van der Waals surface area contributed by atoms with Crippen LogP contribution in [0.5, 0.6) is 0 Å². The maximum Gasteiger partial charge on any atom is 0.0365 e. The van der Waals surface area contributed by atoms with Crippen LogP contribution in [0.1, 0.15) is 16.7 Å². The molecule has 0 aliphatic rings. The van der Waals surface area contributed by atoms with Gasteiger partial charge in [-0.1, -0.05) is 18.2 Å². The second-order valence-electron chi connectivity index (χ2n) is 5.18. The highest BCUT2D eigenvalue weighted by Crippen LogP contribution is 2.16. The smallest absolute Gasteiger partial charge is 0.0365 e. The molecule has 2 N–H and O–H groups in total. The Hall–Kier alpha value is -1.96. The third-order valence-corrected chi connectivity index (χ3v) is 3.64. The summed E-state index contributed by atoms with van der Waals surface area (Å²) in [6.45, 7) is 5.33. The standard InChI is InChI=1S/C17H22N2/c1-13-4-5-15(12-14(13)2)10-11-19(3)17-8-6-16(18)7-9-17/h4-9,12H,10-11,18H2,1-3H3. The topological polar surface area (TPSA) is 29.3 Å². The van der Waals surface area contributed by atoms with Gasteiger partial charge in [-0.3, -0.25) is 0 Å². The Bertz CT molecular complexity index is 544. The first-order valence-electron chi connectivity index (χ1n) is 6.69. The number of nitrogens with zero attached hydrogens (tertiary/aromatic N) is 1. The highest BCUT2D eigenvalue weighted by molar-refractivity contribution is 5.52. The van der Waals surface area contributed by atoms with Crippen LogP contribution in [0.15, 0.2) is 42.5 Å². The summed E-state index contributed by atoms with van der Waals surface area (Å²) in [6.07, 6.45) is 1.06. The molecule has 2 heteroatoms. The Kier molecular flexibility index (Phi) is 4.10. The van der Waals surface area contributed by atoms with Crippen molar-refractivity contribution in [3.63, 3.8) is 0 Å². The molecule has 2 rings (SSSR count). The van der Waals surface area contributed by atoms with Crippen molar-refractivity contribution in [3.05, 3.63) is 59.2 Å². The first-order valence-corrected chi connectivity index (χ1v) is 6.69. The highest BCUT2D eigenvalue weighted by atomic mass is 15.1. The van der Waals surface area contributed by atoms with Gasteiger partial charge in [-0.15, -0.1) is 0 Å². The van der Waals surface area contributed by atoms with Crippen molar-refractivity contribution in [1.82, 2.24) is 0 Å². The lowest BCUT2D eigenvalue weighted by molar-refractivity contribution is 0.875. The maximum atomic E-state index is 5.70. The van der Waals surface area contributed by atoms with E-state index < -0.39 is 0 Å². The molecule has 19 heavy (non-hydrogen) atoms. The fourth-order valence-electron chi connectivity index (χ4n) is 2.11. The number of hydrogen-bond acceptors (Lipinski definition) is 2. The van der Waals surface area contributed by atoms with Gasteiger partial charge in [0, 0.05) is 25.0 Å². The molecular formula is C17H22N2. The number of benzene rings is 2. The summed E-state index contributed by atoms with van der Waals surface area (Å²) >= 11 is 0. The molecule has 0 amide bonds. The van der Waals surface area contributed by atoms with Crippen LogP contribution < -0.4 is 10.6 Å². The molecule has 2 nitrogen and oxygen atoms in total. The summed E-state index contributed by atoms with van der Waals surface area (Å²) in [5, 5.41) is 0. The van der Waals surface area contributed by atoms with E-state index in [9.17, 15) is 0 Å². The van der Waals surface area contributed by atoms with E-state index in [1.807, 2.05) is 12.1 Å². The monoisotopic (exact) mass is 254 g/mol. The first kappa shape index (κ1) is 13.5. The molecule has 0 aliphatic heterocycles. The van der Waals surface area contributed by atoms with Crippen molar-refractivity contribution in [2.45, 2.75) is 20.3 Å². The van der Waals surface area contributed by atoms with Crippen LogP contribution in [0.2, 0.25) is 0 Å². The van der Waals surface area contributed by atoms with Crippen molar-refractivity contribution in [2.24, 2.45) is 0 Å². The van der Waals surface area contributed by atoms with Gasteiger partial charge in [0.25, 0.3) is 0 Å². The van der Waals surface area contributed by atoms with Gasteiger partial charge < -0.3 is 10.6 Å². The molecule has 0 radical (unpaired) electrons. The Balaban J connectivity index is 1.98. The Morgan fingerprint density at radius 1 is 0.947 bits per heavy atom. The van der Waals surface area contributed by atoms with Crippen LogP contribution in [-0.2, 0) is 6.42 Å². The van der Waals surface area contributed by atoms with Crippen LogP contribution in [0.3, 0.4) is 0 Å².